The first-order valence-corrected chi connectivity index (χ1v) is 2.59. The van der Waals surface area contributed by atoms with Gasteiger partial charge < -0.3 is 10.5 Å². The van der Waals surface area contributed by atoms with E-state index in [1.807, 2.05) is 15.7 Å². The first-order chi connectivity index (χ1) is 3.27. The van der Waals surface area contributed by atoms with Crippen LogP contribution in [0.1, 0.15) is 0 Å². The highest BCUT2D eigenvalue weighted by molar-refractivity contribution is 6.34. The highest BCUT2D eigenvalue weighted by Gasteiger charge is 1.88. The Morgan fingerprint density at radius 2 is 2.14 bits per heavy atom. The second-order valence-electron chi connectivity index (χ2n) is 1.71. The van der Waals surface area contributed by atoms with Crippen molar-refractivity contribution in [2.75, 3.05) is 13.2 Å². The van der Waals surface area contributed by atoms with Gasteiger partial charge in [0.05, 0.1) is 6.61 Å². The van der Waals surface area contributed by atoms with Crippen molar-refractivity contribution in [3.8, 4) is 0 Å². The summed E-state index contributed by atoms with van der Waals surface area (Å²) in [7, 11) is 3.99. The standard InChI is InChI=1S/C3H11B2NO/c4-3(5)7-2-1-6/h3H,1-2,4-6H2. The lowest BCUT2D eigenvalue weighted by atomic mass is 9.82. The second kappa shape index (κ2) is 4.22. The number of ether oxygens (including phenoxy) is 1. The molecular weight excluding hydrogens is 87.7 g/mol. The summed E-state index contributed by atoms with van der Waals surface area (Å²) in [6.07, 6.45) is 0. The fourth-order valence-electron chi connectivity index (χ4n) is 0.304. The minimum Gasteiger partial charge on any atom is -0.394 e. The molecule has 0 amide bonds. The summed E-state index contributed by atoms with van der Waals surface area (Å²) in [6, 6.07) is 0. The van der Waals surface area contributed by atoms with Gasteiger partial charge in [-0.05, 0) is 5.90 Å². The van der Waals surface area contributed by atoms with E-state index in [2.05, 4.69) is 0 Å². The number of nitrogens with two attached hydrogens (primary N) is 1. The summed E-state index contributed by atoms with van der Waals surface area (Å²) in [6.45, 7) is 1.30. The molecule has 2 N–H and O–H groups in total. The van der Waals surface area contributed by atoms with Crippen LogP contribution in [0.5, 0.6) is 0 Å². The zero-order valence-corrected chi connectivity index (χ0v) is 4.98. The van der Waals surface area contributed by atoms with Crippen molar-refractivity contribution in [1.82, 2.24) is 0 Å². The van der Waals surface area contributed by atoms with Crippen molar-refractivity contribution in [2.24, 2.45) is 5.73 Å². The Labute approximate surface area is 46.2 Å². The zero-order chi connectivity index (χ0) is 5.70. The first kappa shape index (κ1) is 7.05. The molecule has 0 aromatic rings. The van der Waals surface area contributed by atoms with Gasteiger partial charge in [-0.2, -0.15) is 0 Å². The smallest absolute Gasteiger partial charge is 0.127 e. The molecule has 0 fully saturated rings. The maximum atomic E-state index is 5.15. The average molecular weight is 98.8 g/mol. The molecule has 0 aliphatic heterocycles. The maximum Gasteiger partial charge on any atom is 0.127 e. The van der Waals surface area contributed by atoms with Gasteiger partial charge in [-0.1, -0.05) is 0 Å². The number of rotatable bonds is 3. The van der Waals surface area contributed by atoms with Crippen LogP contribution in [-0.2, 0) is 4.74 Å². The molecule has 0 saturated carbocycles. The highest BCUT2D eigenvalue weighted by Crippen LogP contribution is 1.73. The minimum atomic E-state index is 0.323. The van der Waals surface area contributed by atoms with Crippen LogP contribution in [0.25, 0.3) is 0 Å². The van der Waals surface area contributed by atoms with Crippen LogP contribution in [0, 0.1) is 0 Å². The molecule has 0 aromatic carbocycles. The lowest BCUT2D eigenvalue weighted by Crippen LogP contribution is -2.17. The summed E-state index contributed by atoms with van der Waals surface area (Å²) in [4.78, 5) is 0. The van der Waals surface area contributed by atoms with Gasteiger partial charge in [0.25, 0.3) is 0 Å². The van der Waals surface area contributed by atoms with Crippen molar-refractivity contribution in [3.05, 3.63) is 0 Å². The van der Waals surface area contributed by atoms with E-state index in [0.29, 0.717) is 19.1 Å². The maximum absolute atomic E-state index is 5.15. The molecule has 0 bridgehead atoms. The normalized spacial score (nSPS) is 10.0. The van der Waals surface area contributed by atoms with Crippen molar-refractivity contribution in [1.29, 1.82) is 0 Å². The van der Waals surface area contributed by atoms with Gasteiger partial charge in [0, 0.05) is 6.54 Å². The summed E-state index contributed by atoms with van der Waals surface area (Å²) in [5.41, 5.74) is 5.15. The van der Waals surface area contributed by atoms with Crippen molar-refractivity contribution in [3.63, 3.8) is 0 Å². The Balaban J connectivity index is 2.68. The van der Waals surface area contributed by atoms with Gasteiger partial charge in [0.2, 0.25) is 0 Å². The molecule has 0 aromatic heterocycles. The molecule has 40 valence electrons. The van der Waals surface area contributed by atoms with Crippen molar-refractivity contribution >= 4 is 15.7 Å². The summed E-state index contributed by atoms with van der Waals surface area (Å²) >= 11 is 0. The molecule has 0 aliphatic carbocycles. The zero-order valence-electron chi connectivity index (χ0n) is 4.98. The predicted molar refractivity (Wildman–Crippen MR) is 35.9 cm³/mol. The van der Waals surface area contributed by atoms with E-state index in [1.54, 1.807) is 0 Å². The number of hydrogen-bond acceptors (Lipinski definition) is 2. The van der Waals surface area contributed by atoms with Crippen LogP contribution >= 0.6 is 0 Å². The van der Waals surface area contributed by atoms with Crippen LogP contribution < -0.4 is 5.73 Å². The molecule has 0 radical (unpaired) electrons. The molecule has 0 rings (SSSR count). The third-order valence-corrected chi connectivity index (χ3v) is 0.569. The van der Waals surface area contributed by atoms with E-state index in [1.165, 1.54) is 0 Å². The SMILES string of the molecule is BC(B)OCCN. The lowest BCUT2D eigenvalue weighted by Gasteiger charge is -2.03. The molecule has 0 aliphatic rings. The van der Waals surface area contributed by atoms with E-state index in [4.69, 9.17) is 10.5 Å². The molecule has 0 spiro atoms. The van der Waals surface area contributed by atoms with E-state index in [0.717, 1.165) is 0 Å². The first-order valence-electron chi connectivity index (χ1n) is 2.59. The van der Waals surface area contributed by atoms with Gasteiger partial charge in [-0.25, -0.2) is 0 Å². The molecule has 0 heterocycles. The Morgan fingerprint density at radius 1 is 1.57 bits per heavy atom. The highest BCUT2D eigenvalue weighted by atomic mass is 16.5. The Morgan fingerprint density at radius 3 is 2.29 bits per heavy atom. The third kappa shape index (κ3) is 6.05. The molecule has 2 nitrogen and oxygen atoms in total. The molecule has 7 heavy (non-hydrogen) atoms. The van der Waals surface area contributed by atoms with Gasteiger partial charge in [0.1, 0.15) is 15.7 Å². The van der Waals surface area contributed by atoms with E-state index in [9.17, 15) is 0 Å². The van der Waals surface area contributed by atoms with E-state index >= 15 is 0 Å². The lowest BCUT2D eigenvalue weighted by molar-refractivity contribution is 0.162. The fourth-order valence-corrected chi connectivity index (χ4v) is 0.304. The Hall–Kier alpha value is 0.0499. The van der Waals surface area contributed by atoms with Crippen LogP contribution in [0.4, 0.5) is 0 Å². The minimum absolute atomic E-state index is 0.323. The summed E-state index contributed by atoms with van der Waals surface area (Å²) < 4.78 is 5.07. The number of hydrogen-bond donors (Lipinski definition) is 1. The molecular formula is C3H11B2NO. The van der Waals surface area contributed by atoms with Crippen LogP contribution in [0.2, 0.25) is 0 Å². The third-order valence-electron chi connectivity index (χ3n) is 0.569. The predicted octanol–water partition coefficient (Wildman–Crippen LogP) is -2.49. The van der Waals surface area contributed by atoms with Gasteiger partial charge in [-0.15, -0.1) is 0 Å². The van der Waals surface area contributed by atoms with E-state index in [-0.39, 0.29) is 0 Å². The Kier molecular flexibility index (Phi) is 4.25. The molecule has 4 heteroatoms. The monoisotopic (exact) mass is 99.1 g/mol. The van der Waals surface area contributed by atoms with Crippen LogP contribution in [-0.4, -0.2) is 34.7 Å². The van der Waals surface area contributed by atoms with Crippen molar-refractivity contribution < 1.29 is 4.74 Å². The van der Waals surface area contributed by atoms with Crippen LogP contribution in [0.3, 0.4) is 0 Å². The largest absolute Gasteiger partial charge is 0.394 e. The van der Waals surface area contributed by atoms with Crippen molar-refractivity contribution in [2.45, 2.75) is 5.90 Å². The van der Waals surface area contributed by atoms with Gasteiger partial charge in [0.15, 0.2) is 0 Å². The topological polar surface area (TPSA) is 35.2 Å². The second-order valence-corrected chi connectivity index (χ2v) is 1.71. The van der Waals surface area contributed by atoms with Gasteiger partial charge in [-0.3, -0.25) is 0 Å². The molecule has 0 atom stereocenters. The fraction of sp³-hybridized carbons (Fsp3) is 1.00. The quantitative estimate of drug-likeness (QED) is 0.397. The molecule has 0 saturated heterocycles. The van der Waals surface area contributed by atoms with Gasteiger partial charge >= 0.3 is 0 Å². The van der Waals surface area contributed by atoms with E-state index < -0.39 is 0 Å². The molecule has 0 unspecified atom stereocenters. The Bertz CT molecular complexity index is 41.9. The summed E-state index contributed by atoms with van der Waals surface area (Å²) in [5, 5.41) is 0. The summed E-state index contributed by atoms with van der Waals surface area (Å²) in [5.74, 6) is 0.323. The van der Waals surface area contributed by atoms with Crippen LogP contribution in [0.15, 0.2) is 0 Å². The average Bonchev–Trinajstić information content (AvgIpc) is 1.61.